The van der Waals surface area contributed by atoms with Crippen LogP contribution in [0.15, 0.2) is 0 Å². The SMILES string of the molecule is OCCCCN1CC[C@H](F)C1. The molecule has 0 unspecified atom stereocenters. The number of likely N-dealkylation sites (tertiary alicyclic amines) is 1. The number of aliphatic hydroxyl groups is 1. The Morgan fingerprint density at radius 3 is 2.82 bits per heavy atom. The highest BCUT2D eigenvalue weighted by Gasteiger charge is 2.20. The first-order chi connectivity index (χ1) is 5.33. The van der Waals surface area contributed by atoms with Gasteiger partial charge in [0.05, 0.1) is 0 Å². The first kappa shape index (κ1) is 8.94. The number of nitrogens with zero attached hydrogens (tertiary/aromatic N) is 1. The molecule has 1 aliphatic rings. The first-order valence-corrected chi connectivity index (χ1v) is 4.30. The van der Waals surface area contributed by atoms with Crippen LogP contribution in [0.2, 0.25) is 0 Å². The van der Waals surface area contributed by atoms with E-state index in [0.717, 1.165) is 25.9 Å². The molecule has 0 spiro atoms. The molecule has 0 radical (unpaired) electrons. The van der Waals surface area contributed by atoms with Gasteiger partial charge in [0.15, 0.2) is 0 Å². The lowest BCUT2D eigenvalue weighted by Crippen LogP contribution is -2.22. The van der Waals surface area contributed by atoms with Crippen molar-refractivity contribution in [2.75, 3.05) is 26.2 Å². The van der Waals surface area contributed by atoms with Crippen molar-refractivity contribution in [1.29, 1.82) is 0 Å². The maximum Gasteiger partial charge on any atom is 0.114 e. The highest BCUT2D eigenvalue weighted by molar-refractivity contribution is 4.74. The van der Waals surface area contributed by atoms with Crippen molar-refractivity contribution in [3.05, 3.63) is 0 Å². The van der Waals surface area contributed by atoms with Gasteiger partial charge in [-0.15, -0.1) is 0 Å². The van der Waals surface area contributed by atoms with Gasteiger partial charge in [-0.1, -0.05) is 0 Å². The van der Waals surface area contributed by atoms with Gasteiger partial charge in [-0.25, -0.2) is 4.39 Å². The molecule has 1 atom stereocenters. The van der Waals surface area contributed by atoms with E-state index in [4.69, 9.17) is 5.11 Å². The highest BCUT2D eigenvalue weighted by Crippen LogP contribution is 2.12. The van der Waals surface area contributed by atoms with Crippen LogP contribution in [-0.4, -0.2) is 42.4 Å². The number of unbranched alkanes of at least 4 members (excludes halogenated alkanes) is 1. The van der Waals surface area contributed by atoms with Crippen molar-refractivity contribution in [2.45, 2.75) is 25.4 Å². The number of aliphatic hydroxyl groups excluding tert-OH is 1. The summed E-state index contributed by atoms with van der Waals surface area (Å²) in [5.74, 6) is 0. The van der Waals surface area contributed by atoms with Crippen molar-refractivity contribution in [3.8, 4) is 0 Å². The molecule has 1 fully saturated rings. The third kappa shape index (κ3) is 3.16. The number of rotatable bonds is 4. The van der Waals surface area contributed by atoms with Gasteiger partial charge in [0, 0.05) is 19.7 Å². The quantitative estimate of drug-likeness (QED) is 0.616. The second-order valence-corrected chi connectivity index (χ2v) is 3.12. The summed E-state index contributed by atoms with van der Waals surface area (Å²) in [7, 11) is 0. The molecule has 0 amide bonds. The van der Waals surface area contributed by atoms with Crippen molar-refractivity contribution in [3.63, 3.8) is 0 Å². The third-order valence-corrected chi connectivity index (χ3v) is 2.10. The molecule has 2 nitrogen and oxygen atoms in total. The Morgan fingerprint density at radius 2 is 2.27 bits per heavy atom. The molecular weight excluding hydrogens is 145 g/mol. The largest absolute Gasteiger partial charge is 0.396 e. The van der Waals surface area contributed by atoms with E-state index >= 15 is 0 Å². The van der Waals surface area contributed by atoms with Crippen molar-refractivity contribution in [1.82, 2.24) is 4.90 Å². The maximum atomic E-state index is 12.6. The summed E-state index contributed by atoms with van der Waals surface area (Å²) >= 11 is 0. The van der Waals surface area contributed by atoms with Gasteiger partial charge in [-0.2, -0.15) is 0 Å². The smallest absolute Gasteiger partial charge is 0.114 e. The van der Waals surface area contributed by atoms with Crippen LogP contribution in [0.4, 0.5) is 4.39 Å². The molecule has 0 aromatic rings. The zero-order valence-electron chi connectivity index (χ0n) is 6.80. The zero-order chi connectivity index (χ0) is 8.10. The van der Waals surface area contributed by atoms with Gasteiger partial charge < -0.3 is 10.0 Å². The van der Waals surface area contributed by atoms with E-state index in [1.54, 1.807) is 0 Å². The molecule has 66 valence electrons. The normalized spacial score (nSPS) is 26.2. The number of hydrogen-bond donors (Lipinski definition) is 1. The van der Waals surface area contributed by atoms with Gasteiger partial charge in [-0.3, -0.25) is 0 Å². The summed E-state index contributed by atoms with van der Waals surface area (Å²) in [5.41, 5.74) is 0. The number of halogens is 1. The van der Waals surface area contributed by atoms with Crippen LogP contribution in [0.5, 0.6) is 0 Å². The molecule has 3 heteroatoms. The van der Waals surface area contributed by atoms with Crippen LogP contribution >= 0.6 is 0 Å². The molecule has 0 bridgehead atoms. The third-order valence-electron chi connectivity index (χ3n) is 2.10. The fourth-order valence-corrected chi connectivity index (χ4v) is 1.44. The van der Waals surface area contributed by atoms with Crippen LogP contribution in [0.25, 0.3) is 0 Å². The second kappa shape index (κ2) is 4.67. The maximum absolute atomic E-state index is 12.6. The summed E-state index contributed by atoms with van der Waals surface area (Å²) in [6.45, 7) is 2.70. The van der Waals surface area contributed by atoms with Gasteiger partial charge in [0.2, 0.25) is 0 Å². The summed E-state index contributed by atoms with van der Waals surface area (Å²) in [4.78, 5) is 2.13. The average molecular weight is 161 g/mol. The van der Waals surface area contributed by atoms with Crippen LogP contribution in [-0.2, 0) is 0 Å². The van der Waals surface area contributed by atoms with E-state index in [9.17, 15) is 4.39 Å². The Bertz CT molecular complexity index is 110. The van der Waals surface area contributed by atoms with E-state index in [2.05, 4.69) is 4.90 Å². The van der Waals surface area contributed by atoms with Crippen LogP contribution < -0.4 is 0 Å². The number of alkyl halides is 1. The van der Waals surface area contributed by atoms with E-state index in [1.807, 2.05) is 0 Å². The lowest BCUT2D eigenvalue weighted by atomic mass is 10.3. The van der Waals surface area contributed by atoms with Gasteiger partial charge in [0.25, 0.3) is 0 Å². The predicted molar refractivity (Wildman–Crippen MR) is 42.3 cm³/mol. The van der Waals surface area contributed by atoms with Gasteiger partial charge >= 0.3 is 0 Å². The minimum absolute atomic E-state index is 0.257. The van der Waals surface area contributed by atoms with Crippen molar-refractivity contribution < 1.29 is 9.50 Å². The molecule has 0 aliphatic carbocycles. The molecule has 0 saturated carbocycles. The fourth-order valence-electron chi connectivity index (χ4n) is 1.44. The Labute approximate surface area is 67.0 Å². The average Bonchev–Trinajstić information content (AvgIpc) is 2.37. The summed E-state index contributed by atoms with van der Waals surface area (Å²) < 4.78 is 12.6. The molecule has 0 aromatic carbocycles. The molecule has 11 heavy (non-hydrogen) atoms. The monoisotopic (exact) mass is 161 g/mol. The van der Waals surface area contributed by atoms with Gasteiger partial charge in [0.1, 0.15) is 6.17 Å². The van der Waals surface area contributed by atoms with E-state index in [0.29, 0.717) is 13.0 Å². The topological polar surface area (TPSA) is 23.5 Å². The Balaban J connectivity index is 1.99. The predicted octanol–water partition coefficient (Wildman–Crippen LogP) is 0.803. The van der Waals surface area contributed by atoms with Crippen LogP contribution in [0.3, 0.4) is 0 Å². The molecular formula is C8H16FNO. The molecule has 1 aliphatic heterocycles. The van der Waals surface area contributed by atoms with E-state index in [1.165, 1.54) is 0 Å². The molecule has 1 rings (SSSR count). The summed E-state index contributed by atoms with van der Waals surface area (Å²) in [6.07, 6.45) is 1.92. The van der Waals surface area contributed by atoms with Gasteiger partial charge in [-0.05, 0) is 25.8 Å². The molecule has 0 aromatic heterocycles. The Kier molecular flexibility index (Phi) is 3.80. The van der Waals surface area contributed by atoms with Crippen LogP contribution in [0, 0.1) is 0 Å². The van der Waals surface area contributed by atoms with E-state index in [-0.39, 0.29) is 6.61 Å². The van der Waals surface area contributed by atoms with Crippen molar-refractivity contribution >= 4 is 0 Å². The fraction of sp³-hybridized carbons (Fsp3) is 1.00. The zero-order valence-corrected chi connectivity index (χ0v) is 6.80. The number of hydrogen-bond acceptors (Lipinski definition) is 2. The Hall–Kier alpha value is -0.150. The summed E-state index contributed by atoms with van der Waals surface area (Å²) in [6, 6.07) is 0. The standard InChI is InChI=1S/C8H16FNO/c9-8-3-5-10(7-8)4-1-2-6-11/h8,11H,1-7H2/t8-/m0/s1. The summed E-state index contributed by atoms with van der Waals surface area (Å²) in [5, 5.41) is 8.50. The Morgan fingerprint density at radius 1 is 1.45 bits per heavy atom. The second-order valence-electron chi connectivity index (χ2n) is 3.12. The minimum Gasteiger partial charge on any atom is -0.396 e. The molecule has 1 N–H and O–H groups in total. The first-order valence-electron chi connectivity index (χ1n) is 4.30. The lowest BCUT2D eigenvalue weighted by molar-refractivity contribution is 0.253. The van der Waals surface area contributed by atoms with E-state index < -0.39 is 6.17 Å². The highest BCUT2D eigenvalue weighted by atomic mass is 19.1. The molecule has 1 heterocycles. The van der Waals surface area contributed by atoms with Crippen LogP contribution in [0.1, 0.15) is 19.3 Å². The lowest BCUT2D eigenvalue weighted by Gasteiger charge is -2.12. The van der Waals surface area contributed by atoms with Crippen molar-refractivity contribution in [2.24, 2.45) is 0 Å². The molecule has 1 saturated heterocycles. The minimum atomic E-state index is -0.607.